The first-order valence-corrected chi connectivity index (χ1v) is 11.6. The van der Waals surface area contributed by atoms with Crippen LogP contribution < -0.4 is 15.8 Å². The minimum absolute atomic E-state index is 0.223. The highest BCUT2D eigenvalue weighted by atomic mass is 16.5. The number of anilines is 1. The lowest BCUT2D eigenvalue weighted by molar-refractivity contribution is -0.613. The summed E-state index contributed by atoms with van der Waals surface area (Å²) in [7, 11) is 0. The van der Waals surface area contributed by atoms with Crippen LogP contribution in [0.1, 0.15) is 24.0 Å². The Labute approximate surface area is 204 Å². The summed E-state index contributed by atoms with van der Waals surface area (Å²) in [4.78, 5) is 22.2. The molecular formula is C27H27N6O2+. The van der Waals surface area contributed by atoms with E-state index in [1.54, 1.807) is 4.90 Å². The second kappa shape index (κ2) is 9.57. The zero-order valence-corrected chi connectivity index (χ0v) is 19.2. The van der Waals surface area contributed by atoms with Crippen molar-refractivity contribution in [3.63, 3.8) is 0 Å². The number of hydrogen-bond acceptors (Lipinski definition) is 6. The molecule has 176 valence electrons. The molecule has 0 radical (unpaired) electrons. The van der Waals surface area contributed by atoms with Crippen LogP contribution in [0.5, 0.6) is 11.5 Å². The third kappa shape index (κ3) is 4.72. The molecule has 35 heavy (non-hydrogen) atoms. The van der Waals surface area contributed by atoms with Crippen LogP contribution in [-0.4, -0.2) is 45.6 Å². The van der Waals surface area contributed by atoms with E-state index in [4.69, 9.17) is 22.3 Å². The first-order valence-electron chi connectivity index (χ1n) is 11.6. The summed E-state index contributed by atoms with van der Waals surface area (Å²) in [5, 5.41) is 11.0. The van der Waals surface area contributed by atoms with Crippen molar-refractivity contribution in [3.8, 4) is 23.8 Å². The van der Waals surface area contributed by atoms with Crippen molar-refractivity contribution in [3.05, 3.63) is 72.1 Å². The van der Waals surface area contributed by atoms with E-state index >= 15 is 0 Å². The van der Waals surface area contributed by atoms with Gasteiger partial charge in [-0.15, -0.1) is 6.42 Å². The number of aromatic nitrogens is 2. The Morgan fingerprint density at radius 1 is 1.06 bits per heavy atom. The zero-order chi connectivity index (χ0) is 24.4. The molecule has 0 bridgehead atoms. The fourth-order valence-electron chi connectivity index (χ4n) is 5.22. The molecule has 2 heterocycles. The molecule has 1 saturated heterocycles. The minimum atomic E-state index is -0.223. The second-order valence-electron chi connectivity index (χ2n) is 9.11. The number of nitrogens with two attached hydrogens (primary N) is 2. The first-order chi connectivity index (χ1) is 17.0. The largest absolute Gasteiger partial charge is 0.457 e. The lowest BCUT2D eigenvalue weighted by Gasteiger charge is -2.17. The molecule has 1 aliphatic heterocycles. The number of benzene rings is 2. The van der Waals surface area contributed by atoms with E-state index < -0.39 is 0 Å². The van der Waals surface area contributed by atoms with Crippen LogP contribution in [0.2, 0.25) is 0 Å². The number of para-hydroxylation sites is 1. The van der Waals surface area contributed by atoms with Gasteiger partial charge in [0.25, 0.3) is 5.91 Å². The fraction of sp³-hybridized carbons (Fsp3) is 0.259. The fourth-order valence-corrected chi connectivity index (χ4v) is 5.22. The van der Waals surface area contributed by atoms with Gasteiger partial charge < -0.3 is 15.4 Å². The monoisotopic (exact) mass is 467 g/mol. The summed E-state index contributed by atoms with van der Waals surface area (Å²) in [5.41, 5.74) is 7.73. The van der Waals surface area contributed by atoms with Crippen LogP contribution in [0.25, 0.3) is 0 Å². The van der Waals surface area contributed by atoms with Gasteiger partial charge in [-0.1, -0.05) is 18.2 Å². The van der Waals surface area contributed by atoms with Crippen LogP contribution in [0.3, 0.4) is 0 Å². The van der Waals surface area contributed by atoms with Gasteiger partial charge in [0.1, 0.15) is 29.2 Å². The van der Waals surface area contributed by atoms with Gasteiger partial charge in [-0.3, -0.25) is 15.5 Å². The van der Waals surface area contributed by atoms with Crippen molar-refractivity contribution >= 4 is 23.3 Å². The average Bonchev–Trinajstić information content (AvgIpc) is 3.43. The number of hydrogen-bond donors (Lipinski definition) is 3. The lowest BCUT2D eigenvalue weighted by atomic mass is 10.0. The van der Waals surface area contributed by atoms with E-state index in [1.807, 2.05) is 54.6 Å². The maximum atomic E-state index is 11.8. The second-order valence-corrected chi connectivity index (χ2v) is 9.11. The smallest absolute Gasteiger partial charge is 0.298 e. The Balaban J connectivity index is 1.29. The van der Waals surface area contributed by atoms with E-state index in [9.17, 15) is 4.79 Å². The van der Waals surface area contributed by atoms with Gasteiger partial charge in [-0.05, 0) is 54.2 Å². The number of ether oxygens (including phenoxy) is 1. The minimum Gasteiger partial charge on any atom is -0.457 e. The third-order valence-corrected chi connectivity index (χ3v) is 6.87. The highest BCUT2D eigenvalue weighted by Crippen LogP contribution is 2.37. The van der Waals surface area contributed by atoms with Gasteiger partial charge in [0.2, 0.25) is 5.82 Å². The SMILES string of the molecule is C#CC(=O)N1CC2CC([NH2+]c3ncnc(N)c3C(=N)c3ccc(Oc4ccccc4)cc3)CC2C1. The first kappa shape index (κ1) is 22.6. The van der Waals surface area contributed by atoms with Crippen LogP contribution in [-0.2, 0) is 4.79 Å². The van der Waals surface area contributed by atoms with Crippen LogP contribution in [0.15, 0.2) is 60.9 Å². The maximum Gasteiger partial charge on any atom is 0.298 e. The number of nitrogens with one attached hydrogen (secondary N) is 1. The molecule has 2 aromatic carbocycles. The summed E-state index contributed by atoms with van der Waals surface area (Å²) in [5.74, 6) is 5.27. The molecule has 0 spiro atoms. The van der Waals surface area contributed by atoms with Crippen LogP contribution >= 0.6 is 0 Å². The predicted molar refractivity (Wildman–Crippen MR) is 132 cm³/mol. The molecule has 1 aromatic heterocycles. The molecule has 3 aromatic rings. The van der Waals surface area contributed by atoms with E-state index in [0.717, 1.165) is 18.6 Å². The highest BCUT2D eigenvalue weighted by Gasteiger charge is 2.44. The van der Waals surface area contributed by atoms with Crippen molar-refractivity contribution in [2.24, 2.45) is 11.8 Å². The molecule has 8 heteroatoms. The summed E-state index contributed by atoms with van der Waals surface area (Å²) in [6.45, 7) is 1.42. The molecular weight excluding hydrogens is 440 g/mol. The number of nitrogen functional groups attached to an aromatic ring is 1. The highest BCUT2D eigenvalue weighted by molar-refractivity contribution is 6.15. The molecule has 2 unspecified atom stereocenters. The van der Waals surface area contributed by atoms with Crippen LogP contribution in [0.4, 0.5) is 11.6 Å². The summed E-state index contributed by atoms with van der Waals surface area (Å²) >= 11 is 0. The molecule has 1 aliphatic carbocycles. The molecule has 2 atom stereocenters. The Hall–Kier alpha value is -4.22. The molecule has 8 nitrogen and oxygen atoms in total. The average molecular weight is 468 g/mol. The zero-order valence-electron chi connectivity index (χ0n) is 19.2. The maximum absolute atomic E-state index is 11.8. The molecule has 1 saturated carbocycles. The number of rotatable bonds is 6. The van der Waals surface area contributed by atoms with Gasteiger partial charge >= 0.3 is 0 Å². The number of nitrogens with zero attached hydrogens (tertiary/aromatic N) is 3. The molecule has 1 amide bonds. The lowest BCUT2D eigenvalue weighted by Crippen LogP contribution is -2.85. The normalized spacial score (nSPS) is 20.8. The third-order valence-electron chi connectivity index (χ3n) is 6.87. The van der Waals surface area contributed by atoms with Crippen LogP contribution in [0, 0.1) is 29.6 Å². The number of terminal acetylenes is 1. The number of quaternary nitrogens is 1. The number of fused-ring (bicyclic) bond motifs is 1. The summed E-state index contributed by atoms with van der Waals surface area (Å²) in [6.07, 6.45) is 8.64. The number of likely N-dealkylation sites (tertiary alicyclic amines) is 1. The topological polar surface area (TPSA) is 122 Å². The Kier molecular flexibility index (Phi) is 6.17. The van der Waals surface area contributed by atoms with Crippen molar-refractivity contribution in [2.75, 3.05) is 18.8 Å². The molecule has 2 aliphatic rings. The Morgan fingerprint density at radius 2 is 1.71 bits per heavy atom. The summed E-state index contributed by atoms with van der Waals surface area (Å²) < 4.78 is 5.86. The van der Waals surface area contributed by atoms with Gasteiger partial charge in [0.05, 0.1) is 11.8 Å². The van der Waals surface area contributed by atoms with Crippen molar-refractivity contribution in [1.29, 1.82) is 5.41 Å². The van der Waals surface area contributed by atoms with Crippen molar-refractivity contribution in [2.45, 2.75) is 18.9 Å². The Morgan fingerprint density at radius 3 is 2.37 bits per heavy atom. The van der Waals surface area contributed by atoms with E-state index in [1.165, 1.54) is 6.33 Å². The van der Waals surface area contributed by atoms with Gasteiger partial charge in [0.15, 0.2) is 0 Å². The standard InChI is InChI=1S/C27H26N6O2/c1-2-23(34)33-14-18-12-20(13-19(18)15-33)32-27-24(26(29)30-16-31-27)25(28)17-8-10-22(11-9-17)35-21-6-4-3-5-7-21/h1,3-11,16,18-20,28H,12-15H2,(H3,29,30,31,32)/p+1. The molecule has 5 rings (SSSR count). The van der Waals surface area contributed by atoms with E-state index in [-0.39, 0.29) is 17.4 Å². The molecule has 2 fully saturated rings. The Bertz CT molecular complexity index is 1270. The molecule has 5 N–H and O–H groups in total. The quantitative estimate of drug-likeness (QED) is 0.379. The van der Waals surface area contributed by atoms with Crippen molar-refractivity contribution in [1.82, 2.24) is 14.9 Å². The van der Waals surface area contributed by atoms with Gasteiger partial charge in [-0.2, -0.15) is 4.98 Å². The predicted octanol–water partition coefficient (Wildman–Crippen LogP) is 2.33. The van der Waals surface area contributed by atoms with E-state index in [0.29, 0.717) is 53.7 Å². The number of amides is 1. The van der Waals surface area contributed by atoms with E-state index in [2.05, 4.69) is 21.2 Å². The number of carbonyl (C=O) groups is 1. The van der Waals surface area contributed by atoms with Gasteiger partial charge in [0, 0.05) is 31.5 Å². The van der Waals surface area contributed by atoms with Gasteiger partial charge in [-0.25, -0.2) is 4.98 Å². The summed E-state index contributed by atoms with van der Waals surface area (Å²) in [6, 6.07) is 17.2. The number of carbonyl (C=O) groups excluding carboxylic acids is 1. The van der Waals surface area contributed by atoms with Crippen molar-refractivity contribution < 1.29 is 14.8 Å².